The molecule has 1 heterocycles. The SMILES string of the molecule is N#CCc1nc(-c2ccc(F)cc2)n[nH]1. The van der Waals surface area contributed by atoms with Crippen LogP contribution < -0.4 is 0 Å². The van der Waals surface area contributed by atoms with Crippen molar-refractivity contribution in [3.8, 4) is 17.5 Å². The lowest BCUT2D eigenvalue weighted by Crippen LogP contribution is -1.84. The lowest BCUT2D eigenvalue weighted by molar-refractivity contribution is 0.628. The molecule has 0 atom stereocenters. The highest BCUT2D eigenvalue weighted by Gasteiger charge is 2.05. The number of nitrogens with one attached hydrogen (secondary N) is 1. The summed E-state index contributed by atoms with van der Waals surface area (Å²) in [6.07, 6.45) is 0.189. The van der Waals surface area contributed by atoms with Crippen LogP contribution in [-0.2, 0) is 6.42 Å². The molecule has 1 N–H and O–H groups in total. The molecule has 2 rings (SSSR count). The van der Waals surface area contributed by atoms with Crippen molar-refractivity contribution in [1.82, 2.24) is 15.2 Å². The van der Waals surface area contributed by atoms with Crippen LogP contribution in [0.5, 0.6) is 0 Å². The van der Waals surface area contributed by atoms with E-state index in [2.05, 4.69) is 15.2 Å². The number of aromatic amines is 1. The summed E-state index contributed by atoms with van der Waals surface area (Å²) in [4.78, 5) is 4.09. The number of halogens is 1. The average molecular weight is 202 g/mol. The van der Waals surface area contributed by atoms with E-state index in [1.807, 2.05) is 6.07 Å². The monoisotopic (exact) mass is 202 g/mol. The maximum absolute atomic E-state index is 12.6. The second kappa shape index (κ2) is 3.88. The summed E-state index contributed by atoms with van der Waals surface area (Å²) < 4.78 is 12.6. The molecule has 1 aromatic carbocycles. The summed E-state index contributed by atoms with van der Waals surface area (Å²) in [5.41, 5.74) is 0.719. The van der Waals surface area contributed by atoms with Crippen LogP contribution in [0.1, 0.15) is 5.82 Å². The van der Waals surface area contributed by atoms with Gasteiger partial charge in [-0.2, -0.15) is 10.4 Å². The molecule has 1 aromatic heterocycles. The van der Waals surface area contributed by atoms with E-state index in [0.29, 0.717) is 11.6 Å². The van der Waals surface area contributed by atoms with Gasteiger partial charge in [0, 0.05) is 5.56 Å². The summed E-state index contributed by atoms with van der Waals surface area (Å²) in [7, 11) is 0. The second-order valence-electron chi connectivity index (χ2n) is 2.95. The van der Waals surface area contributed by atoms with Gasteiger partial charge in [-0.1, -0.05) is 0 Å². The molecule has 0 saturated heterocycles. The smallest absolute Gasteiger partial charge is 0.181 e. The zero-order chi connectivity index (χ0) is 10.7. The number of nitriles is 1. The number of hydrogen-bond acceptors (Lipinski definition) is 3. The van der Waals surface area contributed by atoms with Gasteiger partial charge in [-0.05, 0) is 24.3 Å². The van der Waals surface area contributed by atoms with E-state index in [1.165, 1.54) is 12.1 Å². The molecule has 0 unspecified atom stereocenters. The Hall–Kier alpha value is -2.22. The predicted molar refractivity (Wildman–Crippen MR) is 51.1 cm³/mol. The van der Waals surface area contributed by atoms with E-state index in [-0.39, 0.29) is 12.2 Å². The molecule has 0 saturated carbocycles. The minimum atomic E-state index is -0.300. The van der Waals surface area contributed by atoms with Crippen LogP contribution in [0.3, 0.4) is 0 Å². The maximum atomic E-state index is 12.6. The molecule has 0 spiro atoms. The van der Waals surface area contributed by atoms with E-state index in [0.717, 1.165) is 5.56 Å². The highest BCUT2D eigenvalue weighted by molar-refractivity contribution is 5.54. The number of H-pyrrole nitrogens is 1. The summed E-state index contributed by atoms with van der Waals surface area (Å²) >= 11 is 0. The van der Waals surface area contributed by atoms with Gasteiger partial charge >= 0.3 is 0 Å². The zero-order valence-corrected chi connectivity index (χ0v) is 7.74. The number of rotatable bonds is 2. The molecule has 2 aromatic rings. The molecule has 0 radical (unpaired) electrons. The summed E-state index contributed by atoms with van der Waals surface area (Å²) in [5.74, 6) is 0.684. The van der Waals surface area contributed by atoms with Gasteiger partial charge < -0.3 is 0 Å². The lowest BCUT2D eigenvalue weighted by atomic mass is 10.2. The summed E-state index contributed by atoms with van der Waals surface area (Å²) in [6.45, 7) is 0. The van der Waals surface area contributed by atoms with E-state index in [1.54, 1.807) is 12.1 Å². The van der Waals surface area contributed by atoms with Crippen molar-refractivity contribution in [1.29, 1.82) is 5.26 Å². The predicted octanol–water partition coefficient (Wildman–Crippen LogP) is 1.68. The third-order valence-corrected chi connectivity index (χ3v) is 1.88. The van der Waals surface area contributed by atoms with Gasteiger partial charge in [0.15, 0.2) is 5.82 Å². The quantitative estimate of drug-likeness (QED) is 0.805. The standard InChI is InChI=1S/C10H7FN4/c11-8-3-1-7(2-4-8)10-13-9(5-6-12)14-15-10/h1-4H,5H2,(H,13,14,15). The second-order valence-corrected chi connectivity index (χ2v) is 2.95. The molecule has 0 aliphatic rings. The molecule has 15 heavy (non-hydrogen) atoms. The van der Waals surface area contributed by atoms with Crippen molar-refractivity contribution in [2.75, 3.05) is 0 Å². The van der Waals surface area contributed by atoms with E-state index in [4.69, 9.17) is 5.26 Å². The molecule has 0 fully saturated rings. The molecular weight excluding hydrogens is 195 g/mol. The first kappa shape index (κ1) is 9.34. The molecule has 0 aliphatic heterocycles. The normalized spacial score (nSPS) is 9.87. The highest BCUT2D eigenvalue weighted by atomic mass is 19.1. The Labute approximate surface area is 85.4 Å². The van der Waals surface area contributed by atoms with Crippen LogP contribution >= 0.6 is 0 Å². The Bertz CT molecular complexity index is 495. The molecule has 0 bridgehead atoms. The number of hydrogen-bond donors (Lipinski definition) is 1. The van der Waals surface area contributed by atoms with E-state index in [9.17, 15) is 4.39 Å². The van der Waals surface area contributed by atoms with Crippen molar-refractivity contribution in [2.24, 2.45) is 0 Å². The highest BCUT2D eigenvalue weighted by Crippen LogP contribution is 2.14. The van der Waals surface area contributed by atoms with Crippen molar-refractivity contribution >= 4 is 0 Å². The van der Waals surface area contributed by atoms with Gasteiger partial charge in [0.05, 0.1) is 12.5 Å². The van der Waals surface area contributed by atoms with Crippen LogP contribution in [0, 0.1) is 17.1 Å². The van der Waals surface area contributed by atoms with Crippen LogP contribution in [0.25, 0.3) is 11.4 Å². The van der Waals surface area contributed by atoms with Crippen molar-refractivity contribution in [2.45, 2.75) is 6.42 Å². The minimum absolute atomic E-state index is 0.189. The first-order chi connectivity index (χ1) is 7.29. The molecule has 0 amide bonds. The molecule has 0 aliphatic carbocycles. The zero-order valence-electron chi connectivity index (χ0n) is 7.74. The molecule has 74 valence electrons. The fraction of sp³-hybridized carbons (Fsp3) is 0.100. The van der Waals surface area contributed by atoms with Gasteiger partial charge in [-0.3, -0.25) is 5.10 Å². The summed E-state index contributed by atoms with van der Waals surface area (Å²) in [6, 6.07) is 7.83. The van der Waals surface area contributed by atoms with Crippen molar-refractivity contribution in [3.63, 3.8) is 0 Å². The minimum Gasteiger partial charge on any atom is -0.262 e. The number of benzene rings is 1. The van der Waals surface area contributed by atoms with Crippen molar-refractivity contribution in [3.05, 3.63) is 35.9 Å². The Kier molecular flexibility index (Phi) is 2.42. The van der Waals surface area contributed by atoms with E-state index >= 15 is 0 Å². The van der Waals surface area contributed by atoms with E-state index < -0.39 is 0 Å². The Balaban J connectivity index is 2.30. The number of nitrogens with zero attached hydrogens (tertiary/aromatic N) is 3. The van der Waals surface area contributed by atoms with Crippen LogP contribution in [-0.4, -0.2) is 15.2 Å². The lowest BCUT2D eigenvalue weighted by Gasteiger charge is -1.93. The first-order valence-electron chi connectivity index (χ1n) is 4.34. The van der Waals surface area contributed by atoms with Gasteiger partial charge in [0.1, 0.15) is 11.6 Å². The summed E-state index contributed by atoms with van der Waals surface area (Å²) in [5, 5.41) is 15.0. The fourth-order valence-electron chi connectivity index (χ4n) is 1.18. The Morgan fingerprint density at radius 2 is 2.07 bits per heavy atom. The molecular formula is C10H7FN4. The Morgan fingerprint density at radius 1 is 1.33 bits per heavy atom. The van der Waals surface area contributed by atoms with Crippen LogP contribution in [0.4, 0.5) is 4.39 Å². The van der Waals surface area contributed by atoms with Crippen LogP contribution in [0.2, 0.25) is 0 Å². The van der Waals surface area contributed by atoms with Gasteiger partial charge in [0.25, 0.3) is 0 Å². The average Bonchev–Trinajstić information content (AvgIpc) is 2.68. The van der Waals surface area contributed by atoms with Crippen LogP contribution in [0.15, 0.2) is 24.3 Å². The first-order valence-corrected chi connectivity index (χ1v) is 4.34. The van der Waals surface area contributed by atoms with Gasteiger partial charge in [-0.15, -0.1) is 0 Å². The van der Waals surface area contributed by atoms with Gasteiger partial charge in [0.2, 0.25) is 0 Å². The van der Waals surface area contributed by atoms with Gasteiger partial charge in [-0.25, -0.2) is 9.37 Å². The largest absolute Gasteiger partial charge is 0.262 e. The maximum Gasteiger partial charge on any atom is 0.181 e. The molecule has 4 nitrogen and oxygen atoms in total. The topological polar surface area (TPSA) is 65.4 Å². The number of aromatic nitrogens is 3. The molecule has 5 heteroatoms. The fourth-order valence-corrected chi connectivity index (χ4v) is 1.18. The Morgan fingerprint density at radius 3 is 2.73 bits per heavy atom. The third-order valence-electron chi connectivity index (χ3n) is 1.88. The van der Waals surface area contributed by atoms with Crippen molar-refractivity contribution < 1.29 is 4.39 Å². The third kappa shape index (κ3) is 1.99.